The number of aliphatic imine (C=N–C) groups is 1. The van der Waals surface area contributed by atoms with Gasteiger partial charge in [-0.15, -0.1) is 24.0 Å². The molecular weight excluding hydrogens is 397 g/mol. The first kappa shape index (κ1) is 18.2. The molecule has 120 valence electrons. The van der Waals surface area contributed by atoms with Crippen LogP contribution < -0.4 is 10.1 Å². The zero-order chi connectivity index (χ0) is 15.1. The lowest BCUT2D eigenvalue weighted by molar-refractivity contribution is 0.390. The molecule has 2 rings (SSSR count). The van der Waals surface area contributed by atoms with Crippen LogP contribution in [0.2, 0.25) is 0 Å². The Kier molecular flexibility index (Phi) is 7.64. The van der Waals surface area contributed by atoms with Crippen LogP contribution in [0.25, 0.3) is 0 Å². The Hall–Kier alpha value is -1.84. The molecule has 8 heteroatoms. The van der Waals surface area contributed by atoms with Gasteiger partial charge in [-0.3, -0.25) is 4.99 Å². The summed E-state index contributed by atoms with van der Waals surface area (Å²) in [7, 11) is 5.29. The molecule has 0 unspecified atom stereocenters. The maximum absolute atomic E-state index is 5.11. The lowest BCUT2D eigenvalue weighted by Gasteiger charge is -2.21. The van der Waals surface area contributed by atoms with Crippen LogP contribution in [0.15, 0.2) is 40.2 Å². The fourth-order valence-electron chi connectivity index (χ4n) is 1.87. The number of halogens is 1. The van der Waals surface area contributed by atoms with Crippen molar-refractivity contribution in [2.24, 2.45) is 4.99 Å². The third-order valence-electron chi connectivity index (χ3n) is 2.92. The molecule has 0 amide bonds. The summed E-state index contributed by atoms with van der Waals surface area (Å²) < 4.78 is 9.93. The molecule has 0 radical (unpaired) electrons. The first-order valence-corrected chi connectivity index (χ1v) is 6.53. The standard InChI is InChI=1S/C14H19N5O2.HI/c1-15-14(19(2)10-12-5-7-21-18-12)17-9-11-4-6-16-13(8-11)20-3;/h4-8H,9-10H2,1-3H3,(H,15,17);1H. The summed E-state index contributed by atoms with van der Waals surface area (Å²) in [6.07, 6.45) is 3.28. The average Bonchev–Trinajstić information content (AvgIpc) is 3.01. The van der Waals surface area contributed by atoms with E-state index in [1.165, 1.54) is 0 Å². The molecule has 0 saturated heterocycles. The highest BCUT2D eigenvalue weighted by molar-refractivity contribution is 14.0. The molecule has 0 bridgehead atoms. The second-order valence-corrected chi connectivity index (χ2v) is 4.45. The molecule has 0 aliphatic carbocycles. The van der Waals surface area contributed by atoms with Gasteiger partial charge >= 0.3 is 0 Å². The van der Waals surface area contributed by atoms with Crippen molar-refractivity contribution in [3.05, 3.63) is 41.9 Å². The van der Waals surface area contributed by atoms with Crippen molar-refractivity contribution in [1.29, 1.82) is 0 Å². The number of nitrogens with zero attached hydrogens (tertiary/aromatic N) is 4. The number of hydrogen-bond donors (Lipinski definition) is 1. The summed E-state index contributed by atoms with van der Waals surface area (Å²) in [5.74, 6) is 1.37. The number of aromatic nitrogens is 2. The molecule has 2 aromatic rings. The Labute approximate surface area is 146 Å². The summed E-state index contributed by atoms with van der Waals surface area (Å²) >= 11 is 0. The molecule has 0 fully saturated rings. The summed E-state index contributed by atoms with van der Waals surface area (Å²) in [5, 5.41) is 7.17. The SMILES string of the molecule is CN=C(NCc1ccnc(OC)c1)N(C)Cc1ccon1.I. The van der Waals surface area contributed by atoms with E-state index in [2.05, 4.69) is 20.4 Å². The molecule has 0 aliphatic heterocycles. The van der Waals surface area contributed by atoms with E-state index in [4.69, 9.17) is 9.26 Å². The van der Waals surface area contributed by atoms with Crippen LogP contribution in [0.4, 0.5) is 0 Å². The van der Waals surface area contributed by atoms with E-state index in [0.717, 1.165) is 17.2 Å². The van der Waals surface area contributed by atoms with E-state index in [1.54, 1.807) is 26.6 Å². The lowest BCUT2D eigenvalue weighted by Crippen LogP contribution is -2.38. The highest BCUT2D eigenvalue weighted by atomic mass is 127. The van der Waals surface area contributed by atoms with Crippen molar-refractivity contribution in [2.75, 3.05) is 21.2 Å². The summed E-state index contributed by atoms with van der Waals surface area (Å²) in [6, 6.07) is 5.65. The third kappa shape index (κ3) is 5.17. The highest BCUT2D eigenvalue weighted by Crippen LogP contribution is 2.08. The smallest absolute Gasteiger partial charge is 0.213 e. The van der Waals surface area contributed by atoms with Crippen molar-refractivity contribution >= 4 is 29.9 Å². The predicted molar refractivity (Wildman–Crippen MR) is 94.4 cm³/mol. The Morgan fingerprint density at radius 2 is 2.27 bits per heavy atom. The van der Waals surface area contributed by atoms with Gasteiger partial charge in [0.1, 0.15) is 12.0 Å². The van der Waals surface area contributed by atoms with Gasteiger partial charge in [0.2, 0.25) is 5.88 Å². The largest absolute Gasteiger partial charge is 0.481 e. The molecule has 2 heterocycles. The minimum Gasteiger partial charge on any atom is -0.481 e. The van der Waals surface area contributed by atoms with E-state index >= 15 is 0 Å². The highest BCUT2D eigenvalue weighted by Gasteiger charge is 2.08. The number of pyridine rings is 1. The van der Waals surface area contributed by atoms with Gasteiger partial charge < -0.3 is 19.5 Å². The minimum atomic E-state index is 0. The number of ether oxygens (including phenoxy) is 1. The Morgan fingerprint density at radius 1 is 1.45 bits per heavy atom. The van der Waals surface area contributed by atoms with Crippen molar-refractivity contribution in [1.82, 2.24) is 20.4 Å². The summed E-state index contributed by atoms with van der Waals surface area (Å²) in [6.45, 7) is 1.25. The van der Waals surface area contributed by atoms with Crippen LogP contribution in [0.3, 0.4) is 0 Å². The quantitative estimate of drug-likeness (QED) is 0.455. The van der Waals surface area contributed by atoms with E-state index in [1.807, 2.05) is 30.1 Å². The number of rotatable bonds is 5. The van der Waals surface area contributed by atoms with Crippen LogP contribution in [-0.2, 0) is 13.1 Å². The van der Waals surface area contributed by atoms with Crippen molar-refractivity contribution in [3.63, 3.8) is 0 Å². The molecule has 0 aromatic carbocycles. The molecule has 1 N–H and O–H groups in total. The normalized spacial score (nSPS) is 10.8. The Bertz CT molecular complexity index is 589. The molecule has 0 atom stereocenters. The maximum Gasteiger partial charge on any atom is 0.213 e. The fourth-order valence-corrected chi connectivity index (χ4v) is 1.87. The van der Waals surface area contributed by atoms with Gasteiger partial charge in [-0.25, -0.2) is 4.98 Å². The van der Waals surface area contributed by atoms with Crippen LogP contribution >= 0.6 is 24.0 Å². The first-order valence-electron chi connectivity index (χ1n) is 6.53. The van der Waals surface area contributed by atoms with Gasteiger partial charge in [-0.05, 0) is 11.6 Å². The zero-order valence-electron chi connectivity index (χ0n) is 12.8. The van der Waals surface area contributed by atoms with Gasteiger partial charge in [-0.2, -0.15) is 0 Å². The molecular formula is C14H20IN5O2. The predicted octanol–water partition coefficient (Wildman–Crippen LogP) is 1.90. The van der Waals surface area contributed by atoms with E-state index in [0.29, 0.717) is 19.0 Å². The lowest BCUT2D eigenvalue weighted by atomic mass is 10.2. The molecule has 0 aliphatic rings. The van der Waals surface area contributed by atoms with Gasteiger partial charge in [0.25, 0.3) is 0 Å². The topological polar surface area (TPSA) is 75.8 Å². The maximum atomic E-state index is 5.11. The molecule has 0 saturated carbocycles. The Balaban J connectivity index is 0.00000242. The fraction of sp³-hybridized carbons (Fsp3) is 0.357. The molecule has 22 heavy (non-hydrogen) atoms. The summed E-state index contributed by atoms with van der Waals surface area (Å²) in [5.41, 5.74) is 1.92. The van der Waals surface area contributed by atoms with Gasteiger partial charge in [0, 0.05) is 39.0 Å². The average molecular weight is 417 g/mol. The van der Waals surface area contributed by atoms with Crippen LogP contribution in [-0.4, -0.2) is 42.2 Å². The third-order valence-corrected chi connectivity index (χ3v) is 2.92. The second kappa shape index (κ2) is 9.23. The van der Waals surface area contributed by atoms with E-state index in [-0.39, 0.29) is 24.0 Å². The van der Waals surface area contributed by atoms with Gasteiger partial charge in [0.15, 0.2) is 5.96 Å². The second-order valence-electron chi connectivity index (χ2n) is 4.45. The minimum absolute atomic E-state index is 0. The zero-order valence-corrected chi connectivity index (χ0v) is 15.1. The van der Waals surface area contributed by atoms with Crippen LogP contribution in [0.5, 0.6) is 5.88 Å². The number of nitrogens with one attached hydrogen (secondary N) is 1. The van der Waals surface area contributed by atoms with Crippen molar-refractivity contribution in [3.8, 4) is 5.88 Å². The van der Waals surface area contributed by atoms with Gasteiger partial charge in [-0.1, -0.05) is 5.16 Å². The van der Waals surface area contributed by atoms with Gasteiger partial charge in [0.05, 0.1) is 13.7 Å². The monoisotopic (exact) mass is 417 g/mol. The number of methoxy groups -OCH3 is 1. The number of guanidine groups is 1. The number of hydrogen-bond acceptors (Lipinski definition) is 5. The van der Waals surface area contributed by atoms with Crippen molar-refractivity contribution < 1.29 is 9.26 Å². The summed E-state index contributed by atoms with van der Waals surface area (Å²) in [4.78, 5) is 10.3. The van der Waals surface area contributed by atoms with Crippen LogP contribution in [0.1, 0.15) is 11.3 Å². The first-order chi connectivity index (χ1) is 10.2. The molecule has 2 aromatic heterocycles. The Morgan fingerprint density at radius 3 is 2.91 bits per heavy atom. The van der Waals surface area contributed by atoms with Crippen LogP contribution in [0, 0.1) is 0 Å². The van der Waals surface area contributed by atoms with E-state index < -0.39 is 0 Å². The van der Waals surface area contributed by atoms with E-state index in [9.17, 15) is 0 Å². The van der Waals surface area contributed by atoms with Crippen molar-refractivity contribution in [2.45, 2.75) is 13.1 Å². The molecule has 7 nitrogen and oxygen atoms in total. The molecule has 0 spiro atoms.